The van der Waals surface area contributed by atoms with Gasteiger partial charge in [0.2, 0.25) is 5.89 Å². The summed E-state index contributed by atoms with van der Waals surface area (Å²) in [7, 11) is 1.61. The molecular weight excluding hydrogens is 366 g/mol. The number of oxazole rings is 1. The lowest BCUT2D eigenvalue weighted by atomic mass is 10.1. The zero-order valence-electron chi connectivity index (χ0n) is 15.9. The first kappa shape index (κ1) is 18.5. The summed E-state index contributed by atoms with van der Waals surface area (Å²) in [6.45, 7) is 0.165. The highest BCUT2D eigenvalue weighted by Crippen LogP contribution is 2.31. The van der Waals surface area contributed by atoms with Gasteiger partial charge in [0.15, 0.2) is 11.5 Å². The molecule has 0 spiro atoms. The molecule has 0 radical (unpaired) electrons. The van der Waals surface area contributed by atoms with E-state index in [1.165, 1.54) is 0 Å². The van der Waals surface area contributed by atoms with Crippen LogP contribution in [0, 0.1) is 0 Å². The van der Waals surface area contributed by atoms with Crippen LogP contribution in [0.3, 0.4) is 0 Å². The van der Waals surface area contributed by atoms with Crippen LogP contribution in [0.15, 0.2) is 89.3 Å². The zero-order valence-corrected chi connectivity index (χ0v) is 15.9. The fourth-order valence-corrected chi connectivity index (χ4v) is 2.89. The van der Waals surface area contributed by atoms with Gasteiger partial charge in [0.25, 0.3) is 0 Å². The van der Waals surface area contributed by atoms with Gasteiger partial charge in [-0.15, -0.1) is 0 Å². The Labute approximate surface area is 168 Å². The van der Waals surface area contributed by atoms with Crippen LogP contribution >= 0.6 is 0 Å². The van der Waals surface area contributed by atoms with Gasteiger partial charge < -0.3 is 13.9 Å². The molecule has 1 heterocycles. The Morgan fingerprint density at radius 3 is 2.17 bits per heavy atom. The van der Waals surface area contributed by atoms with Crippen LogP contribution in [0.1, 0.15) is 16.1 Å². The average Bonchev–Trinajstić information content (AvgIpc) is 3.24. The third-order valence-electron chi connectivity index (χ3n) is 4.41. The van der Waals surface area contributed by atoms with E-state index in [0.29, 0.717) is 11.7 Å². The van der Waals surface area contributed by atoms with E-state index in [9.17, 15) is 4.79 Å². The normalized spacial score (nSPS) is 10.5. The highest BCUT2D eigenvalue weighted by Gasteiger charge is 2.23. The number of nitrogens with zero attached hydrogens (tertiary/aromatic N) is 1. The predicted octanol–water partition coefficient (Wildman–Crippen LogP) is 5.37. The number of benzene rings is 3. The molecular formula is C24H19NO4. The quantitative estimate of drug-likeness (QED) is 0.417. The van der Waals surface area contributed by atoms with E-state index >= 15 is 0 Å². The molecule has 29 heavy (non-hydrogen) atoms. The molecule has 0 aliphatic carbocycles. The number of hydrogen-bond acceptors (Lipinski definition) is 5. The van der Waals surface area contributed by atoms with Crippen molar-refractivity contribution < 1.29 is 18.7 Å². The van der Waals surface area contributed by atoms with E-state index in [4.69, 9.17) is 13.9 Å². The van der Waals surface area contributed by atoms with Gasteiger partial charge in [-0.05, 0) is 29.8 Å². The molecule has 3 aromatic carbocycles. The Kier molecular flexibility index (Phi) is 5.38. The molecule has 4 rings (SSSR count). The Morgan fingerprint density at radius 1 is 0.862 bits per heavy atom. The minimum Gasteiger partial charge on any atom is -0.497 e. The van der Waals surface area contributed by atoms with Crippen molar-refractivity contribution in [1.29, 1.82) is 0 Å². The monoisotopic (exact) mass is 385 g/mol. The minimum atomic E-state index is -0.531. The standard InChI is InChI=1S/C24H19NO4/c1-27-20-14-12-19(13-15-20)23-25-21(22(29-23)18-10-6-3-7-11-18)24(26)28-16-17-8-4-2-5-9-17/h2-15H,16H2,1H3. The maximum atomic E-state index is 12.8. The molecule has 0 saturated heterocycles. The molecule has 0 aliphatic rings. The number of carbonyl (C=O) groups is 1. The van der Waals surface area contributed by atoms with Crippen LogP contribution in [0.4, 0.5) is 0 Å². The summed E-state index contributed by atoms with van der Waals surface area (Å²) < 4.78 is 16.7. The number of methoxy groups -OCH3 is 1. The summed E-state index contributed by atoms with van der Waals surface area (Å²) in [5.74, 6) is 0.926. The number of aromatic nitrogens is 1. The van der Waals surface area contributed by atoms with Crippen molar-refractivity contribution in [3.63, 3.8) is 0 Å². The van der Waals surface area contributed by atoms with Crippen molar-refractivity contribution in [1.82, 2.24) is 4.98 Å². The van der Waals surface area contributed by atoms with Gasteiger partial charge in [-0.3, -0.25) is 0 Å². The number of carbonyl (C=O) groups excluding carboxylic acids is 1. The van der Waals surface area contributed by atoms with E-state index in [0.717, 1.165) is 22.4 Å². The molecule has 0 unspecified atom stereocenters. The molecule has 0 amide bonds. The van der Waals surface area contributed by atoms with E-state index in [2.05, 4.69) is 4.98 Å². The van der Waals surface area contributed by atoms with Crippen LogP contribution in [0.25, 0.3) is 22.8 Å². The highest BCUT2D eigenvalue weighted by molar-refractivity contribution is 5.94. The van der Waals surface area contributed by atoms with E-state index < -0.39 is 5.97 Å². The van der Waals surface area contributed by atoms with Gasteiger partial charge in [0, 0.05) is 11.1 Å². The number of hydrogen-bond donors (Lipinski definition) is 0. The number of ether oxygens (including phenoxy) is 2. The van der Waals surface area contributed by atoms with Gasteiger partial charge in [-0.2, -0.15) is 0 Å². The largest absolute Gasteiger partial charge is 0.497 e. The third-order valence-corrected chi connectivity index (χ3v) is 4.41. The predicted molar refractivity (Wildman–Crippen MR) is 109 cm³/mol. The van der Waals surface area contributed by atoms with Gasteiger partial charge in [-0.1, -0.05) is 60.7 Å². The summed E-state index contributed by atoms with van der Waals surface area (Å²) in [6, 6.07) is 26.2. The molecule has 0 aliphatic heterocycles. The molecule has 144 valence electrons. The summed E-state index contributed by atoms with van der Waals surface area (Å²) >= 11 is 0. The van der Waals surface area contributed by atoms with E-state index in [1.54, 1.807) is 7.11 Å². The number of esters is 1. The maximum Gasteiger partial charge on any atom is 0.361 e. The van der Waals surface area contributed by atoms with Crippen LogP contribution in [-0.4, -0.2) is 18.1 Å². The van der Waals surface area contributed by atoms with Crippen LogP contribution in [0.2, 0.25) is 0 Å². The molecule has 0 fully saturated rings. The first-order valence-electron chi connectivity index (χ1n) is 9.16. The van der Waals surface area contributed by atoms with Gasteiger partial charge in [-0.25, -0.2) is 9.78 Å². The second-order valence-corrected chi connectivity index (χ2v) is 6.35. The first-order chi connectivity index (χ1) is 14.2. The Balaban J connectivity index is 1.67. The van der Waals surface area contributed by atoms with Crippen molar-refractivity contribution >= 4 is 5.97 Å². The molecule has 1 aromatic heterocycles. The summed E-state index contributed by atoms with van der Waals surface area (Å²) in [4.78, 5) is 17.2. The van der Waals surface area contributed by atoms with Gasteiger partial charge in [0.1, 0.15) is 12.4 Å². The molecule has 0 bridgehead atoms. The van der Waals surface area contributed by atoms with Gasteiger partial charge in [0.05, 0.1) is 7.11 Å². The smallest absolute Gasteiger partial charge is 0.361 e. The lowest BCUT2D eigenvalue weighted by Gasteiger charge is -2.04. The lowest BCUT2D eigenvalue weighted by Crippen LogP contribution is -2.07. The SMILES string of the molecule is COc1ccc(-c2nc(C(=O)OCc3ccccc3)c(-c3ccccc3)o2)cc1. The second kappa shape index (κ2) is 8.44. The van der Waals surface area contributed by atoms with Crippen LogP contribution in [-0.2, 0) is 11.3 Å². The van der Waals surface area contributed by atoms with Crippen molar-refractivity contribution in [3.8, 4) is 28.5 Å². The van der Waals surface area contributed by atoms with Crippen molar-refractivity contribution in [2.24, 2.45) is 0 Å². The van der Waals surface area contributed by atoms with Crippen molar-refractivity contribution in [2.75, 3.05) is 7.11 Å². The van der Waals surface area contributed by atoms with Crippen molar-refractivity contribution in [2.45, 2.75) is 6.61 Å². The number of rotatable bonds is 6. The second-order valence-electron chi connectivity index (χ2n) is 6.35. The third kappa shape index (κ3) is 4.19. The van der Waals surface area contributed by atoms with E-state index in [1.807, 2.05) is 84.9 Å². The molecule has 0 saturated carbocycles. The molecule has 5 heteroatoms. The zero-order chi connectivity index (χ0) is 20.1. The first-order valence-corrected chi connectivity index (χ1v) is 9.16. The summed E-state index contributed by atoms with van der Waals surface area (Å²) in [6.07, 6.45) is 0. The summed E-state index contributed by atoms with van der Waals surface area (Å²) in [5, 5.41) is 0. The van der Waals surface area contributed by atoms with Crippen molar-refractivity contribution in [3.05, 3.63) is 96.2 Å². The van der Waals surface area contributed by atoms with Crippen LogP contribution in [0.5, 0.6) is 5.75 Å². The Hall–Kier alpha value is -3.86. The minimum absolute atomic E-state index is 0.151. The molecule has 4 aromatic rings. The Morgan fingerprint density at radius 2 is 1.52 bits per heavy atom. The topological polar surface area (TPSA) is 61.6 Å². The molecule has 0 N–H and O–H groups in total. The average molecular weight is 385 g/mol. The summed E-state index contributed by atoms with van der Waals surface area (Å²) in [5.41, 5.74) is 2.55. The fourth-order valence-electron chi connectivity index (χ4n) is 2.89. The fraction of sp³-hybridized carbons (Fsp3) is 0.0833. The highest BCUT2D eigenvalue weighted by atomic mass is 16.5. The van der Waals surface area contributed by atoms with Gasteiger partial charge >= 0.3 is 5.97 Å². The molecule has 0 atom stereocenters. The van der Waals surface area contributed by atoms with Crippen LogP contribution < -0.4 is 4.74 Å². The Bertz CT molecular complexity index is 1090. The lowest BCUT2D eigenvalue weighted by molar-refractivity contribution is 0.0467. The maximum absolute atomic E-state index is 12.8. The molecule has 5 nitrogen and oxygen atoms in total. The van der Waals surface area contributed by atoms with E-state index in [-0.39, 0.29) is 12.3 Å².